The SMILES string of the molecule is CC1CN=C(NCC2CN3CCN2CC3)N1. The smallest absolute Gasteiger partial charge is 0.191 e. The molecular weight excluding hydrogens is 202 g/mol. The molecule has 0 spiro atoms. The molecule has 4 aliphatic rings. The van der Waals surface area contributed by atoms with Crippen LogP contribution in [0.3, 0.4) is 0 Å². The van der Waals surface area contributed by atoms with Crippen LogP contribution < -0.4 is 10.6 Å². The van der Waals surface area contributed by atoms with Gasteiger partial charge in [-0.3, -0.25) is 14.8 Å². The fraction of sp³-hybridized carbons (Fsp3) is 0.909. The third-order valence-corrected chi connectivity index (χ3v) is 3.80. The van der Waals surface area contributed by atoms with Gasteiger partial charge in [0.25, 0.3) is 0 Å². The first-order chi connectivity index (χ1) is 7.81. The number of fused-ring (bicyclic) bond motifs is 3. The molecule has 4 rings (SSSR count). The molecule has 0 radical (unpaired) electrons. The molecule has 3 saturated heterocycles. The van der Waals surface area contributed by atoms with Gasteiger partial charge in [0, 0.05) is 51.4 Å². The van der Waals surface area contributed by atoms with Crippen molar-refractivity contribution in [1.29, 1.82) is 0 Å². The largest absolute Gasteiger partial charge is 0.355 e. The van der Waals surface area contributed by atoms with E-state index in [0.29, 0.717) is 12.1 Å². The number of nitrogens with one attached hydrogen (secondary N) is 2. The second kappa shape index (κ2) is 4.22. The molecule has 5 nitrogen and oxygen atoms in total. The highest BCUT2D eigenvalue weighted by atomic mass is 15.4. The summed E-state index contributed by atoms with van der Waals surface area (Å²) in [5.41, 5.74) is 0. The van der Waals surface area contributed by atoms with E-state index in [1.165, 1.54) is 32.7 Å². The molecule has 90 valence electrons. The highest BCUT2D eigenvalue weighted by Gasteiger charge is 2.31. The van der Waals surface area contributed by atoms with Crippen LogP contribution in [0.4, 0.5) is 0 Å². The zero-order chi connectivity index (χ0) is 11.0. The summed E-state index contributed by atoms with van der Waals surface area (Å²) in [5.74, 6) is 0.991. The van der Waals surface area contributed by atoms with E-state index in [0.717, 1.165) is 19.0 Å². The normalized spacial score (nSPS) is 41.7. The molecule has 2 N–H and O–H groups in total. The number of aliphatic imine (C=N–C) groups is 1. The van der Waals surface area contributed by atoms with Gasteiger partial charge in [-0.2, -0.15) is 0 Å². The number of hydrogen-bond acceptors (Lipinski definition) is 5. The minimum atomic E-state index is 0.495. The van der Waals surface area contributed by atoms with Crippen LogP contribution in [0.25, 0.3) is 0 Å². The second-order valence-corrected chi connectivity index (χ2v) is 5.11. The van der Waals surface area contributed by atoms with Crippen molar-refractivity contribution in [3.05, 3.63) is 0 Å². The Hall–Kier alpha value is -0.810. The summed E-state index contributed by atoms with van der Waals surface area (Å²) in [6.07, 6.45) is 0. The lowest BCUT2D eigenvalue weighted by molar-refractivity contribution is 0.0154. The Labute approximate surface area is 96.9 Å². The van der Waals surface area contributed by atoms with Crippen molar-refractivity contribution < 1.29 is 0 Å². The predicted molar refractivity (Wildman–Crippen MR) is 64.7 cm³/mol. The summed E-state index contributed by atoms with van der Waals surface area (Å²) >= 11 is 0. The highest BCUT2D eigenvalue weighted by Crippen LogP contribution is 2.14. The Morgan fingerprint density at radius 3 is 2.75 bits per heavy atom. The average molecular weight is 223 g/mol. The van der Waals surface area contributed by atoms with Crippen molar-refractivity contribution in [1.82, 2.24) is 20.4 Å². The lowest BCUT2D eigenvalue weighted by Gasteiger charge is -2.47. The Morgan fingerprint density at radius 2 is 2.19 bits per heavy atom. The second-order valence-electron chi connectivity index (χ2n) is 5.11. The summed E-state index contributed by atoms with van der Waals surface area (Å²) in [6, 6.07) is 1.16. The van der Waals surface area contributed by atoms with Crippen molar-refractivity contribution >= 4 is 5.96 Å². The summed E-state index contributed by atoms with van der Waals surface area (Å²) in [4.78, 5) is 9.60. The van der Waals surface area contributed by atoms with Crippen LogP contribution in [-0.4, -0.2) is 73.7 Å². The van der Waals surface area contributed by atoms with E-state index in [9.17, 15) is 0 Å². The summed E-state index contributed by atoms with van der Waals surface area (Å²) < 4.78 is 0. The molecule has 0 aromatic heterocycles. The summed E-state index contributed by atoms with van der Waals surface area (Å²) in [7, 11) is 0. The van der Waals surface area contributed by atoms with Gasteiger partial charge >= 0.3 is 0 Å². The molecule has 4 aliphatic heterocycles. The van der Waals surface area contributed by atoms with Crippen molar-refractivity contribution in [3.8, 4) is 0 Å². The van der Waals surface area contributed by atoms with E-state index < -0.39 is 0 Å². The Morgan fingerprint density at radius 1 is 1.38 bits per heavy atom. The standard InChI is InChI=1S/C11H21N5/c1-9-6-12-11(14-9)13-7-10-8-15-2-4-16(10)5-3-15/h9-10H,2-8H2,1H3,(H2,12,13,14). The Kier molecular flexibility index (Phi) is 2.73. The number of nitrogens with zero attached hydrogens (tertiary/aromatic N) is 3. The monoisotopic (exact) mass is 223 g/mol. The van der Waals surface area contributed by atoms with Crippen LogP contribution in [0.5, 0.6) is 0 Å². The molecule has 2 unspecified atom stereocenters. The lowest BCUT2D eigenvalue weighted by atomic mass is 10.1. The van der Waals surface area contributed by atoms with Gasteiger partial charge in [0.15, 0.2) is 5.96 Å². The van der Waals surface area contributed by atoms with Crippen LogP contribution in [0.2, 0.25) is 0 Å². The number of guanidine groups is 1. The fourth-order valence-corrected chi connectivity index (χ4v) is 2.79. The number of piperazine rings is 3. The van der Waals surface area contributed by atoms with E-state index in [1.54, 1.807) is 0 Å². The molecule has 5 heteroatoms. The van der Waals surface area contributed by atoms with Gasteiger partial charge in [-0.1, -0.05) is 0 Å². The van der Waals surface area contributed by atoms with Gasteiger partial charge in [0.05, 0.1) is 6.54 Å². The van der Waals surface area contributed by atoms with E-state index in [1.807, 2.05) is 0 Å². The molecule has 2 bridgehead atoms. The molecule has 2 atom stereocenters. The van der Waals surface area contributed by atoms with E-state index in [2.05, 4.69) is 32.3 Å². The van der Waals surface area contributed by atoms with Crippen LogP contribution in [0, 0.1) is 0 Å². The van der Waals surface area contributed by atoms with Crippen LogP contribution >= 0.6 is 0 Å². The van der Waals surface area contributed by atoms with Crippen LogP contribution in [0.15, 0.2) is 4.99 Å². The molecule has 0 amide bonds. The minimum Gasteiger partial charge on any atom is -0.355 e. The fourth-order valence-electron chi connectivity index (χ4n) is 2.79. The lowest BCUT2D eigenvalue weighted by Crippen LogP contribution is -2.63. The van der Waals surface area contributed by atoms with Crippen molar-refractivity contribution in [2.24, 2.45) is 4.99 Å². The van der Waals surface area contributed by atoms with E-state index in [4.69, 9.17) is 0 Å². The third-order valence-electron chi connectivity index (χ3n) is 3.80. The zero-order valence-corrected chi connectivity index (χ0v) is 9.95. The Bertz CT molecular complexity index is 282. The predicted octanol–water partition coefficient (Wildman–Crippen LogP) is -1.08. The van der Waals surface area contributed by atoms with Gasteiger partial charge < -0.3 is 10.6 Å². The number of rotatable bonds is 2. The maximum absolute atomic E-state index is 4.43. The molecule has 0 aromatic rings. The van der Waals surface area contributed by atoms with Gasteiger partial charge in [0.2, 0.25) is 0 Å². The summed E-state index contributed by atoms with van der Waals surface area (Å²) in [6.45, 7) is 10.3. The minimum absolute atomic E-state index is 0.495. The van der Waals surface area contributed by atoms with Gasteiger partial charge in [0.1, 0.15) is 0 Å². The molecule has 16 heavy (non-hydrogen) atoms. The number of hydrogen-bond donors (Lipinski definition) is 2. The molecule has 0 aliphatic carbocycles. The summed E-state index contributed by atoms with van der Waals surface area (Å²) in [5, 5.41) is 6.78. The topological polar surface area (TPSA) is 42.9 Å². The van der Waals surface area contributed by atoms with Gasteiger partial charge in [-0.25, -0.2) is 0 Å². The van der Waals surface area contributed by atoms with E-state index >= 15 is 0 Å². The van der Waals surface area contributed by atoms with Crippen molar-refractivity contribution in [2.75, 3.05) is 45.8 Å². The first-order valence-corrected chi connectivity index (χ1v) is 6.32. The average Bonchev–Trinajstić information content (AvgIpc) is 2.74. The first kappa shape index (κ1) is 10.4. The maximum atomic E-state index is 4.43. The molecule has 0 saturated carbocycles. The molecule has 4 heterocycles. The molecule has 0 aromatic carbocycles. The molecule has 3 fully saturated rings. The van der Waals surface area contributed by atoms with Crippen LogP contribution in [0.1, 0.15) is 6.92 Å². The van der Waals surface area contributed by atoms with Gasteiger partial charge in [-0.15, -0.1) is 0 Å². The quantitative estimate of drug-likeness (QED) is 0.625. The third kappa shape index (κ3) is 2.01. The highest BCUT2D eigenvalue weighted by molar-refractivity contribution is 5.81. The maximum Gasteiger partial charge on any atom is 0.191 e. The van der Waals surface area contributed by atoms with Gasteiger partial charge in [-0.05, 0) is 6.92 Å². The first-order valence-electron chi connectivity index (χ1n) is 6.32. The zero-order valence-electron chi connectivity index (χ0n) is 9.95. The molecular formula is C11H21N5. The van der Waals surface area contributed by atoms with Crippen molar-refractivity contribution in [2.45, 2.75) is 19.0 Å². The van der Waals surface area contributed by atoms with Crippen molar-refractivity contribution in [3.63, 3.8) is 0 Å². The van der Waals surface area contributed by atoms with E-state index in [-0.39, 0.29) is 0 Å². The van der Waals surface area contributed by atoms with Crippen LogP contribution in [-0.2, 0) is 0 Å². The Balaban J connectivity index is 1.49.